The van der Waals surface area contributed by atoms with E-state index in [1.165, 1.54) is 19.1 Å². The van der Waals surface area contributed by atoms with Crippen molar-refractivity contribution in [2.24, 2.45) is 5.73 Å². The molecule has 3 aromatic rings. The zero-order chi connectivity index (χ0) is 25.2. The van der Waals surface area contributed by atoms with E-state index in [-0.39, 0.29) is 11.8 Å². The van der Waals surface area contributed by atoms with E-state index in [4.69, 9.17) is 5.73 Å². The average molecular weight is 473 g/mol. The molecule has 0 atom stereocenters. The van der Waals surface area contributed by atoms with Crippen LogP contribution in [0.2, 0.25) is 0 Å². The van der Waals surface area contributed by atoms with Gasteiger partial charge in [-0.25, -0.2) is 4.39 Å². The van der Waals surface area contributed by atoms with Crippen molar-refractivity contribution in [2.45, 2.75) is 32.7 Å². The molecular formula is C28H29FN4O2. The summed E-state index contributed by atoms with van der Waals surface area (Å²) in [5.41, 5.74) is 11.5. The van der Waals surface area contributed by atoms with E-state index in [1.807, 2.05) is 62.4 Å². The minimum absolute atomic E-state index is 0.0655. The normalized spacial score (nSPS) is 14.3. The van der Waals surface area contributed by atoms with Crippen LogP contribution >= 0.6 is 0 Å². The third kappa shape index (κ3) is 5.58. The number of hydrogen-bond donors (Lipinski definition) is 4. The van der Waals surface area contributed by atoms with E-state index < -0.39 is 11.4 Å². The van der Waals surface area contributed by atoms with Gasteiger partial charge < -0.3 is 21.7 Å². The van der Waals surface area contributed by atoms with Gasteiger partial charge in [-0.05, 0) is 67.3 Å². The molecule has 35 heavy (non-hydrogen) atoms. The number of carbonyl (C=O) groups excluding carboxylic acids is 2. The maximum Gasteiger partial charge on any atom is 0.258 e. The lowest BCUT2D eigenvalue weighted by Gasteiger charge is -2.20. The van der Waals surface area contributed by atoms with Crippen molar-refractivity contribution >= 4 is 34.5 Å². The molecule has 0 saturated heterocycles. The number of halogens is 1. The fourth-order valence-corrected chi connectivity index (χ4v) is 4.02. The average Bonchev–Trinajstić information content (AvgIpc) is 3.12. The quantitative estimate of drug-likeness (QED) is 0.377. The van der Waals surface area contributed by atoms with Crippen LogP contribution in [-0.4, -0.2) is 18.4 Å². The first-order chi connectivity index (χ1) is 16.6. The molecule has 1 heterocycles. The molecule has 3 aromatic carbocycles. The molecule has 7 heteroatoms. The first kappa shape index (κ1) is 24.2. The summed E-state index contributed by atoms with van der Waals surface area (Å²) in [5, 5.41) is 8.97. The highest BCUT2D eigenvalue weighted by atomic mass is 19.1. The summed E-state index contributed by atoms with van der Waals surface area (Å²) in [6.45, 7) is 5.92. The lowest BCUT2D eigenvalue weighted by atomic mass is 9.95. The predicted molar refractivity (Wildman–Crippen MR) is 138 cm³/mol. The Bertz CT molecular complexity index is 1290. The molecule has 6 nitrogen and oxygen atoms in total. The molecule has 0 saturated carbocycles. The van der Waals surface area contributed by atoms with E-state index >= 15 is 0 Å². The predicted octanol–water partition coefficient (Wildman–Crippen LogP) is 4.63. The summed E-state index contributed by atoms with van der Waals surface area (Å²) in [4.78, 5) is 24.1. The van der Waals surface area contributed by atoms with Crippen LogP contribution in [0.3, 0.4) is 0 Å². The second-order valence-corrected chi connectivity index (χ2v) is 9.25. The summed E-state index contributed by atoms with van der Waals surface area (Å²) in [6.07, 6.45) is 0.693. The van der Waals surface area contributed by atoms with Gasteiger partial charge in [0.2, 0.25) is 5.91 Å². The number of benzene rings is 3. The number of hydrogen-bond acceptors (Lipinski definition) is 4. The van der Waals surface area contributed by atoms with Crippen molar-refractivity contribution in [3.8, 4) is 0 Å². The highest BCUT2D eigenvalue weighted by Crippen LogP contribution is 2.38. The lowest BCUT2D eigenvalue weighted by molar-refractivity contribution is -0.119. The minimum atomic E-state index is -0.471. The summed E-state index contributed by atoms with van der Waals surface area (Å²) in [7, 11) is 0. The zero-order valence-electron chi connectivity index (χ0n) is 20.0. The maximum atomic E-state index is 13.8. The number of fused-ring (bicyclic) bond motifs is 1. The Morgan fingerprint density at radius 3 is 2.34 bits per heavy atom. The minimum Gasteiger partial charge on any atom is -0.356 e. The summed E-state index contributed by atoms with van der Waals surface area (Å²) in [6, 6.07) is 19.8. The van der Waals surface area contributed by atoms with Crippen LogP contribution < -0.4 is 21.7 Å². The fraction of sp³-hybridized carbons (Fsp3) is 0.214. The van der Waals surface area contributed by atoms with Gasteiger partial charge in [0.1, 0.15) is 5.82 Å². The van der Waals surface area contributed by atoms with Gasteiger partial charge >= 0.3 is 0 Å². The number of nitrogens with two attached hydrogens (primary N) is 1. The van der Waals surface area contributed by atoms with Gasteiger partial charge in [-0.3, -0.25) is 9.59 Å². The van der Waals surface area contributed by atoms with Gasteiger partial charge in [0.15, 0.2) is 0 Å². The molecule has 0 bridgehead atoms. The van der Waals surface area contributed by atoms with Crippen LogP contribution in [0.4, 0.5) is 15.8 Å². The monoisotopic (exact) mass is 472 g/mol. The van der Waals surface area contributed by atoms with Crippen LogP contribution in [0.5, 0.6) is 0 Å². The molecule has 0 fully saturated rings. The highest BCUT2D eigenvalue weighted by Gasteiger charge is 2.29. The second kappa shape index (κ2) is 9.72. The van der Waals surface area contributed by atoms with E-state index in [1.54, 1.807) is 6.07 Å². The molecule has 1 aliphatic heterocycles. The van der Waals surface area contributed by atoms with Gasteiger partial charge in [0, 0.05) is 30.3 Å². The first-order valence-corrected chi connectivity index (χ1v) is 11.5. The largest absolute Gasteiger partial charge is 0.356 e. The Labute approximate surface area is 204 Å². The fourth-order valence-electron chi connectivity index (χ4n) is 4.02. The smallest absolute Gasteiger partial charge is 0.258 e. The SMILES string of the molecule is CC(=O)NCCc1ccc(/C(Nc2ccc(C(C)(C)N)cc2)=C2/C(=O)Nc3cc(F)ccc32)cc1. The van der Waals surface area contributed by atoms with Crippen molar-refractivity contribution < 1.29 is 14.0 Å². The topological polar surface area (TPSA) is 96.2 Å². The second-order valence-electron chi connectivity index (χ2n) is 9.25. The van der Waals surface area contributed by atoms with Gasteiger partial charge in [-0.1, -0.05) is 36.4 Å². The highest BCUT2D eigenvalue weighted by molar-refractivity contribution is 6.37. The molecule has 1 aliphatic rings. The molecule has 5 N–H and O–H groups in total. The third-order valence-electron chi connectivity index (χ3n) is 5.90. The molecule has 0 spiro atoms. The van der Waals surface area contributed by atoms with Crippen molar-refractivity contribution in [1.82, 2.24) is 5.32 Å². The lowest BCUT2D eigenvalue weighted by Crippen LogP contribution is -2.28. The van der Waals surface area contributed by atoms with Crippen LogP contribution in [0, 0.1) is 5.82 Å². The number of nitrogens with one attached hydrogen (secondary N) is 3. The molecule has 180 valence electrons. The van der Waals surface area contributed by atoms with Crippen LogP contribution in [0.1, 0.15) is 43.0 Å². The Kier molecular flexibility index (Phi) is 6.71. The summed E-state index contributed by atoms with van der Waals surface area (Å²) < 4.78 is 13.8. The van der Waals surface area contributed by atoms with Gasteiger partial charge in [-0.2, -0.15) is 0 Å². The Balaban J connectivity index is 1.73. The standard InChI is InChI=1S/C28H29FN4O2/c1-17(34)31-15-14-18-4-6-19(7-5-18)26(32-22-11-8-20(9-12-22)28(2,3)30)25-23-13-10-21(29)16-24(23)33-27(25)35/h4-13,16,32H,14-15,30H2,1-3H3,(H,31,34)(H,33,35)/b26-25-. The maximum absolute atomic E-state index is 13.8. The van der Waals surface area contributed by atoms with Crippen LogP contribution in [0.25, 0.3) is 11.3 Å². The van der Waals surface area contributed by atoms with E-state index in [0.717, 1.165) is 22.4 Å². The molecule has 0 aromatic heterocycles. The van der Waals surface area contributed by atoms with Crippen molar-refractivity contribution in [3.63, 3.8) is 0 Å². The number of rotatable bonds is 7. The first-order valence-electron chi connectivity index (χ1n) is 11.5. The van der Waals surface area contributed by atoms with Crippen LogP contribution in [-0.2, 0) is 21.5 Å². The van der Waals surface area contributed by atoms with Gasteiger partial charge in [0.05, 0.1) is 17.0 Å². The van der Waals surface area contributed by atoms with Crippen molar-refractivity contribution in [1.29, 1.82) is 0 Å². The van der Waals surface area contributed by atoms with Crippen molar-refractivity contribution in [3.05, 3.63) is 94.8 Å². The molecule has 0 radical (unpaired) electrons. The van der Waals surface area contributed by atoms with Gasteiger partial charge in [0.25, 0.3) is 5.91 Å². The van der Waals surface area contributed by atoms with E-state index in [0.29, 0.717) is 35.5 Å². The number of amides is 2. The summed E-state index contributed by atoms with van der Waals surface area (Å²) >= 11 is 0. The Hall–Kier alpha value is -3.97. The third-order valence-corrected chi connectivity index (χ3v) is 5.90. The number of carbonyl (C=O) groups is 2. The number of anilines is 2. The van der Waals surface area contributed by atoms with E-state index in [9.17, 15) is 14.0 Å². The van der Waals surface area contributed by atoms with Crippen molar-refractivity contribution in [2.75, 3.05) is 17.2 Å². The molecule has 0 unspecified atom stereocenters. The Morgan fingerprint density at radius 2 is 1.71 bits per heavy atom. The molecule has 2 amide bonds. The Morgan fingerprint density at radius 1 is 1.03 bits per heavy atom. The summed E-state index contributed by atoms with van der Waals surface area (Å²) in [5.74, 6) is -0.782. The van der Waals surface area contributed by atoms with Gasteiger partial charge in [-0.15, -0.1) is 0 Å². The zero-order valence-corrected chi connectivity index (χ0v) is 20.0. The van der Waals surface area contributed by atoms with Crippen LogP contribution in [0.15, 0.2) is 66.7 Å². The van der Waals surface area contributed by atoms with E-state index in [2.05, 4.69) is 16.0 Å². The molecular weight excluding hydrogens is 443 g/mol. The molecule has 4 rings (SSSR count). The molecule has 0 aliphatic carbocycles.